The molecule has 0 fully saturated rings. The number of nitrogens with zero attached hydrogens (tertiary/aromatic N) is 2. The van der Waals surface area contributed by atoms with Crippen LogP contribution in [0.3, 0.4) is 0 Å². The molecule has 2 aromatic carbocycles. The lowest BCUT2D eigenvalue weighted by molar-refractivity contribution is 0.627. The molecule has 0 bridgehead atoms. The molecule has 0 amide bonds. The summed E-state index contributed by atoms with van der Waals surface area (Å²) in [5.74, 6) is 1.17. The van der Waals surface area contributed by atoms with Gasteiger partial charge in [0.25, 0.3) is 0 Å². The summed E-state index contributed by atoms with van der Waals surface area (Å²) in [6, 6.07) is 18.6. The number of hydrogen-bond acceptors (Lipinski definition) is 4. The molecular weight excluding hydrogens is 315 g/mol. The van der Waals surface area contributed by atoms with E-state index in [9.17, 15) is 4.39 Å². The third-order valence-corrected chi connectivity index (χ3v) is 3.78. The Bertz CT molecular complexity index is 804. The van der Waals surface area contributed by atoms with Gasteiger partial charge < -0.3 is 10.6 Å². The van der Waals surface area contributed by atoms with Crippen LogP contribution >= 0.6 is 0 Å². The van der Waals surface area contributed by atoms with Gasteiger partial charge in [0.2, 0.25) is 5.95 Å². The van der Waals surface area contributed by atoms with E-state index in [1.807, 2.05) is 31.2 Å². The highest BCUT2D eigenvalue weighted by Crippen LogP contribution is 2.12. The summed E-state index contributed by atoms with van der Waals surface area (Å²) in [6.07, 6.45) is 0.782. The topological polar surface area (TPSA) is 49.8 Å². The minimum absolute atomic E-state index is 0.215. The van der Waals surface area contributed by atoms with Gasteiger partial charge in [0, 0.05) is 24.8 Å². The second-order valence-corrected chi connectivity index (χ2v) is 5.86. The first-order valence-electron chi connectivity index (χ1n) is 8.31. The van der Waals surface area contributed by atoms with Crippen molar-refractivity contribution in [2.24, 2.45) is 0 Å². The number of anilines is 2. The zero-order chi connectivity index (χ0) is 17.5. The first kappa shape index (κ1) is 16.9. The Kier molecular flexibility index (Phi) is 5.57. The van der Waals surface area contributed by atoms with Gasteiger partial charge in [0.1, 0.15) is 11.6 Å². The van der Waals surface area contributed by atoms with E-state index in [0.717, 1.165) is 23.5 Å². The quantitative estimate of drug-likeness (QED) is 0.679. The maximum absolute atomic E-state index is 12.9. The summed E-state index contributed by atoms with van der Waals surface area (Å²) >= 11 is 0. The predicted molar refractivity (Wildman–Crippen MR) is 99.1 cm³/mol. The Hall–Kier alpha value is -2.95. The summed E-state index contributed by atoms with van der Waals surface area (Å²) in [7, 11) is 0. The van der Waals surface area contributed by atoms with Crippen molar-refractivity contribution in [3.8, 4) is 0 Å². The maximum Gasteiger partial charge on any atom is 0.224 e. The lowest BCUT2D eigenvalue weighted by Crippen LogP contribution is -2.10. The molecule has 1 heterocycles. The van der Waals surface area contributed by atoms with Gasteiger partial charge in [-0.05, 0) is 36.6 Å². The first-order chi connectivity index (χ1) is 12.2. The minimum Gasteiger partial charge on any atom is -0.366 e. The number of benzene rings is 2. The fourth-order valence-corrected chi connectivity index (χ4v) is 2.50. The summed E-state index contributed by atoms with van der Waals surface area (Å²) < 4.78 is 12.9. The number of aromatic nitrogens is 2. The Morgan fingerprint density at radius 2 is 1.64 bits per heavy atom. The van der Waals surface area contributed by atoms with Crippen LogP contribution in [0.2, 0.25) is 0 Å². The van der Waals surface area contributed by atoms with Gasteiger partial charge in [-0.25, -0.2) is 9.37 Å². The Balaban J connectivity index is 1.56. The molecule has 4 nitrogen and oxygen atoms in total. The predicted octanol–water partition coefficient (Wildman–Crippen LogP) is 4.19. The summed E-state index contributed by atoms with van der Waals surface area (Å²) in [6.45, 7) is 3.35. The number of hydrogen-bond donors (Lipinski definition) is 2. The number of aryl methyl sites for hydroxylation is 1. The van der Waals surface area contributed by atoms with Crippen LogP contribution < -0.4 is 10.6 Å². The number of rotatable bonds is 7. The van der Waals surface area contributed by atoms with Gasteiger partial charge in [-0.3, -0.25) is 0 Å². The molecule has 128 valence electrons. The molecular formula is C20H21FN4. The molecule has 3 aromatic rings. The van der Waals surface area contributed by atoms with Crippen LogP contribution in [0.25, 0.3) is 0 Å². The van der Waals surface area contributed by atoms with Gasteiger partial charge in [-0.15, -0.1) is 0 Å². The van der Waals surface area contributed by atoms with Crippen molar-refractivity contribution in [1.82, 2.24) is 9.97 Å². The molecule has 0 aliphatic heterocycles. The zero-order valence-corrected chi connectivity index (χ0v) is 14.2. The molecule has 25 heavy (non-hydrogen) atoms. The number of halogens is 1. The largest absolute Gasteiger partial charge is 0.366 e. The summed E-state index contributed by atoms with van der Waals surface area (Å²) in [5.41, 5.74) is 3.17. The van der Waals surface area contributed by atoms with Crippen LogP contribution in [0.5, 0.6) is 0 Å². The molecule has 0 radical (unpaired) electrons. The molecule has 0 atom stereocenters. The van der Waals surface area contributed by atoms with Crippen LogP contribution in [-0.2, 0) is 13.0 Å². The normalized spacial score (nSPS) is 10.5. The average molecular weight is 336 g/mol. The third kappa shape index (κ3) is 5.28. The molecule has 0 aliphatic carbocycles. The van der Waals surface area contributed by atoms with Gasteiger partial charge in [0.15, 0.2) is 0 Å². The Morgan fingerprint density at radius 3 is 2.40 bits per heavy atom. The fraction of sp³-hybridized carbons (Fsp3) is 0.200. The van der Waals surface area contributed by atoms with E-state index in [0.29, 0.717) is 19.0 Å². The molecule has 0 aliphatic rings. The summed E-state index contributed by atoms with van der Waals surface area (Å²) in [4.78, 5) is 8.91. The third-order valence-electron chi connectivity index (χ3n) is 3.78. The summed E-state index contributed by atoms with van der Waals surface area (Å²) in [5, 5.41) is 6.55. The first-order valence-corrected chi connectivity index (χ1v) is 8.31. The Labute approximate surface area is 147 Å². The van der Waals surface area contributed by atoms with Gasteiger partial charge in [-0.2, -0.15) is 4.98 Å². The maximum atomic E-state index is 12.9. The molecule has 5 heteroatoms. The van der Waals surface area contributed by atoms with E-state index in [4.69, 9.17) is 0 Å². The zero-order valence-electron chi connectivity index (χ0n) is 14.2. The monoisotopic (exact) mass is 336 g/mol. The van der Waals surface area contributed by atoms with E-state index in [1.54, 1.807) is 12.1 Å². The fourth-order valence-electron chi connectivity index (χ4n) is 2.50. The van der Waals surface area contributed by atoms with Crippen molar-refractivity contribution in [1.29, 1.82) is 0 Å². The van der Waals surface area contributed by atoms with Crippen LogP contribution in [0.4, 0.5) is 16.2 Å². The highest BCUT2D eigenvalue weighted by Gasteiger charge is 2.03. The molecule has 0 saturated heterocycles. The lowest BCUT2D eigenvalue weighted by atomic mass is 10.1. The van der Waals surface area contributed by atoms with Gasteiger partial charge in [0.05, 0.1) is 0 Å². The lowest BCUT2D eigenvalue weighted by Gasteiger charge is -2.10. The van der Waals surface area contributed by atoms with Crippen molar-refractivity contribution in [3.63, 3.8) is 0 Å². The second-order valence-electron chi connectivity index (χ2n) is 5.86. The van der Waals surface area contributed by atoms with E-state index in [1.165, 1.54) is 17.7 Å². The van der Waals surface area contributed by atoms with Crippen molar-refractivity contribution in [2.75, 3.05) is 17.2 Å². The van der Waals surface area contributed by atoms with E-state index in [2.05, 4.69) is 32.7 Å². The minimum atomic E-state index is -0.215. The number of nitrogens with one attached hydrogen (secondary N) is 2. The SMILES string of the molecule is Cc1cc(NCc2ccccc2)nc(NCCc2ccc(F)cc2)n1. The Morgan fingerprint density at radius 1 is 0.880 bits per heavy atom. The van der Waals surface area contributed by atoms with Crippen LogP contribution in [0, 0.1) is 12.7 Å². The van der Waals surface area contributed by atoms with Crippen molar-refractivity contribution >= 4 is 11.8 Å². The van der Waals surface area contributed by atoms with E-state index in [-0.39, 0.29) is 5.82 Å². The smallest absolute Gasteiger partial charge is 0.224 e. The highest BCUT2D eigenvalue weighted by atomic mass is 19.1. The molecule has 3 rings (SSSR count). The molecule has 2 N–H and O–H groups in total. The van der Waals surface area contributed by atoms with Crippen LogP contribution in [0.1, 0.15) is 16.8 Å². The highest BCUT2D eigenvalue weighted by molar-refractivity contribution is 5.42. The van der Waals surface area contributed by atoms with Crippen LogP contribution in [-0.4, -0.2) is 16.5 Å². The van der Waals surface area contributed by atoms with E-state index >= 15 is 0 Å². The molecule has 0 spiro atoms. The van der Waals surface area contributed by atoms with Gasteiger partial charge >= 0.3 is 0 Å². The molecule has 0 saturated carbocycles. The van der Waals surface area contributed by atoms with Gasteiger partial charge in [-0.1, -0.05) is 42.5 Å². The molecule has 1 aromatic heterocycles. The standard InChI is InChI=1S/C20H21FN4/c1-15-13-19(23-14-17-5-3-2-4-6-17)25-20(24-15)22-12-11-16-7-9-18(21)10-8-16/h2-10,13H,11-12,14H2,1H3,(H2,22,23,24,25). The molecule has 0 unspecified atom stereocenters. The van der Waals surface area contributed by atoms with Crippen molar-refractivity contribution < 1.29 is 4.39 Å². The second kappa shape index (κ2) is 8.24. The van der Waals surface area contributed by atoms with Crippen molar-refractivity contribution in [2.45, 2.75) is 19.9 Å². The van der Waals surface area contributed by atoms with E-state index < -0.39 is 0 Å². The average Bonchev–Trinajstić information content (AvgIpc) is 2.62. The van der Waals surface area contributed by atoms with Crippen molar-refractivity contribution in [3.05, 3.63) is 83.3 Å². The van der Waals surface area contributed by atoms with Crippen LogP contribution in [0.15, 0.2) is 60.7 Å².